The third-order valence-electron chi connectivity index (χ3n) is 5.27. The molecule has 2 aromatic carbocycles. The lowest BCUT2D eigenvalue weighted by Gasteiger charge is -2.14. The van der Waals surface area contributed by atoms with E-state index in [1.165, 1.54) is 6.07 Å². The molecule has 0 saturated carbocycles. The number of hydrogen-bond donors (Lipinski definition) is 1. The van der Waals surface area contributed by atoms with Crippen molar-refractivity contribution in [2.24, 2.45) is 0 Å². The summed E-state index contributed by atoms with van der Waals surface area (Å²) in [4.78, 5) is 4.28. The van der Waals surface area contributed by atoms with Gasteiger partial charge in [-0.25, -0.2) is 13.4 Å². The van der Waals surface area contributed by atoms with E-state index in [0.717, 1.165) is 11.4 Å². The molecule has 2 heterocycles. The highest BCUT2D eigenvalue weighted by Gasteiger charge is 2.21. The standard InChI is InChI=1S/C25H27N5O5S/c1-5-33-21-11-12-23(22(15-21)34-6-2)36(31,32)29-19-7-9-20(10-8-19)35-25-14-13-24(27-28-25)30-16-26-17(3)18(30)4/h7-16,29H,5-6H2,1-4H3. The summed E-state index contributed by atoms with van der Waals surface area (Å²) in [6.07, 6.45) is 1.69. The Kier molecular flexibility index (Phi) is 7.39. The molecule has 0 spiro atoms. The maximum absolute atomic E-state index is 13.0. The predicted octanol–water partition coefficient (Wildman–Crippen LogP) is 4.67. The van der Waals surface area contributed by atoms with Gasteiger partial charge in [0.2, 0.25) is 5.88 Å². The summed E-state index contributed by atoms with van der Waals surface area (Å²) in [5.74, 6) is 2.17. The van der Waals surface area contributed by atoms with E-state index in [4.69, 9.17) is 14.2 Å². The Morgan fingerprint density at radius 2 is 1.61 bits per heavy atom. The minimum Gasteiger partial charge on any atom is -0.494 e. The molecular formula is C25H27N5O5S. The number of rotatable bonds is 10. The molecule has 0 aliphatic carbocycles. The number of aromatic nitrogens is 4. The highest BCUT2D eigenvalue weighted by Crippen LogP contribution is 2.31. The molecule has 0 aliphatic rings. The van der Waals surface area contributed by atoms with Gasteiger partial charge in [-0.2, -0.15) is 0 Å². The zero-order valence-electron chi connectivity index (χ0n) is 20.4. The molecule has 36 heavy (non-hydrogen) atoms. The van der Waals surface area contributed by atoms with E-state index in [2.05, 4.69) is 19.9 Å². The smallest absolute Gasteiger partial charge is 0.265 e. The summed E-state index contributed by atoms with van der Waals surface area (Å²) in [7, 11) is -3.90. The Balaban J connectivity index is 1.46. The van der Waals surface area contributed by atoms with Gasteiger partial charge in [0, 0.05) is 23.5 Å². The van der Waals surface area contributed by atoms with Crippen LogP contribution in [0.4, 0.5) is 5.69 Å². The van der Waals surface area contributed by atoms with E-state index in [1.54, 1.807) is 61.8 Å². The van der Waals surface area contributed by atoms with Gasteiger partial charge in [0.25, 0.3) is 10.0 Å². The SMILES string of the molecule is CCOc1ccc(S(=O)(=O)Nc2ccc(Oc3ccc(-n4cnc(C)c4C)nn3)cc2)c(OCC)c1. The van der Waals surface area contributed by atoms with Crippen LogP contribution in [0, 0.1) is 13.8 Å². The first-order chi connectivity index (χ1) is 17.3. The predicted molar refractivity (Wildman–Crippen MR) is 135 cm³/mol. The molecule has 188 valence electrons. The van der Waals surface area contributed by atoms with Crippen LogP contribution in [0.3, 0.4) is 0 Å². The van der Waals surface area contributed by atoms with Gasteiger partial charge in [-0.15, -0.1) is 10.2 Å². The fourth-order valence-corrected chi connectivity index (χ4v) is 4.57. The molecule has 0 aliphatic heterocycles. The largest absolute Gasteiger partial charge is 0.494 e. The monoisotopic (exact) mass is 509 g/mol. The average Bonchev–Trinajstić information content (AvgIpc) is 3.19. The zero-order chi connectivity index (χ0) is 25.7. The van der Waals surface area contributed by atoms with Gasteiger partial charge in [0.1, 0.15) is 28.5 Å². The zero-order valence-corrected chi connectivity index (χ0v) is 21.2. The van der Waals surface area contributed by atoms with E-state index in [0.29, 0.717) is 42.1 Å². The van der Waals surface area contributed by atoms with Gasteiger partial charge < -0.3 is 14.2 Å². The minimum atomic E-state index is -3.90. The van der Waals surface area contributed by atoms with Crippen molar-refractivity contribution < 1.29 is 22.6 Å². The molecule has 0 fully saturated rings. The van der Waals surface area contributed by atoms with Gasteiger partial charge in [-0.05, 0) is 70.2 Å². The Morgan fingerprint density at radius 1 is 0.889 bits per heavy atom. The Bertz CT molecular complexity index is 1430. The summed E-state index contributed by atoms with van der Waals surface area (Å²) in [6, 6.07) is 14.6. The second-order valence-corrected chi connectivity index (χ2v) is 9.37. The average molecular weight is 510 g/mol. The second-order valence-electron chi connectivity index (χ2n) is 7.72. The van der Waals surface area contributed by atoms with Crippen LogP contribution in [0.5, 0.6) is 23.1 Å². The van der Waals surface area contributed by atoms with Crippen LogP contribution in [0.25, 0.3) is 5.82 Å². The number of anilines is 1. The summed E-state index contributed by atoms with van der Waals surface area (Å²) < 4.78 is 47.2. The van der Waals surface area contributed by atoms with Crippen LogP contribution < -0.4 is 18.9 Å². The van der Waals surface area contributed by atoms with Crippen molar-refractivity contribution in [3.8, 4) is 28.9 Å². The van der Waals surface area contributed by atoms with E-state index >= 15 is 0 Å². The number of nitrogens with zero attached hydrogens (tertiary/aromatic N) is 4. The third-order valence-corrected chi connectivity index (χ3v) is 6.69. The van der Waals surface area contributed by atoms with Crippen LogP contribution in [-0.2, 0) is 10.0 Å². The van der Waals surface area contributed by atoms with Crippen molar-refractivity contribution in [1.82, 2.24) is 19.7 Å². The minimum absolute atomic E-state index is 0.0202. The van der Waals surface area contributed by atoms with Gasteiger partial charge >= 0.3 is 0 Å². The lowest BCUT2D eigenvalue weighted by Crippen LogP contribution is -2.14. The number of imidazole rings is 1. The molecule has 10 nitrogen and oxygen atoms in total. The summed E-state index contributed by atoms with van der Waals surface area (Å²) in [6.45, 7) is 8.30. The number of nitrogens with one attached hydrogen (secondary N) is 1. The quantitative estimate of drug-likeness (QED) is 0.328. The third kappa shape index (κ3) is 5.57. The number of ether oxygens (including phenoxy) is 3. The topological polar surface area (TPSA) is 117 Å². The fraction of sp³-hybridized carbons (Fsp3) is 0.240. The highest BCUT2D eigenvalue weighted by atomic mass is 32.2. The molecule has 11 heteroatoms. The van der Waals surface area contributed by atoms with Gasteiger partial charge in [0.05, 0.1) is 18.9 Å². The Morgan fingerprint density at radius 3 is 2.22 bits per heavy atom. The lowest BCUT2D eigenvalue weighted by molar-refractivity contribution is 0.317. The molecule has 0 unspecified atom stereocenters. The Hall–Kier alpha value is -4.12. The normalized spacial score (nSPS) is 11.2. The molecule has 0 bridgehead atoms. The first-order valence-corrected chi connectivity index (χ1v) is 12.8. The van der Waals surface area contributed by atoms with Crippen molar-refractivity contribution in [2.75, 3.05) is 17.9 Å². The van der Waals surface area contributed by atoms with Crippen LogP contribution in [0.1, 0.15) is 25.2 Å². The number of aryl methyl sites for hydroxylation is 1. The van der Waals surface area contributed by atoms with E-state index in [-0.39, 0.29) is 10.6 Å². The molecule has 2 aromatic heterocycles. The van der Waals surface area contributed by atoms with E-state index < -0.39 is 10.0 Å². The molecular weight excluding hydrogens is 482 g/mol. The number of benzene rings is 2. The van der Waals surface area contributed by atoms with E-state index in [9.17, 15) is 8.42 Å². The fourth-order valence-electron chi connectivity index (χ4n) is 3.38. The maximum atomic E-state index is 13.0. The van der Waals surface area contributed by atoms with Gasteiger partial charge in [0.15, 0.2) is 5.82 Å². The summed E-state index contributed by atoms with van der Waals surface area (Å²) in [5.41, 5.74) is 2.27. The molecule has 1 N–H and O–H groups in total. The lowest BCUT2D eigenvalue weighted by atomic mass is 10.3. The molecule has 0 amide bonds. The van der Waals surface area contributed by atoms with E-state index in [1.807, 2.05) is 25.3 Å². The number of hydrogen-bond acceptors (Lipinski definition) is 8. The summed E-state index contributed by atoms with van der Waals surface area (Å²) >= 11 is 0. The van der Waals surface area contributed by atoms with Crippen LogP contribution in [0.15, 0.2) is 65.8 Å². The molecule has 4 aromatic rings. The first kappa shape index (κ1) is 25.0. The Labute approximate surface area is 209 Å². The molecule has 4 rings (SSSR count). The molecule has 0 atom stereocenters. The van der Waals surface area contributed by atoms with Crippen LogP contribution >= 0.6 is 0 Å². The van der Waals surface area contributed by atoms with Crippen LogP contribution in [0.2, 0.25) is 0 Å². The number of sulfonamides is 1. The second kappa shape index (κ2) is 10.6. The van der Waals surface area contributed by atoms with Crippen molar-refractivity contribution in [1.29, 1.82) is 0 Å². The molecule has 0 saturated heterocycles. The highest BCUT2D eigenvalue weighted by molar-refractivity contribution is 7.92. The summed E-state index contributed by atoms with van der Waals surface area (Å²) in [5, 5.41) is 8.31. The first-order valence-electron chi connectivity index (χ1n) is 11.4. The van der Waals surface area contributed by atoms with Gasteiger partial charge in [-0.1, -0.05) is 0 Å². The van der Waals surface area contributed by atoms with Crippen molar-refractivity contribution in [2.45, 2.75) is 32.6 Å². The molecule has 0 radical (unpaired) electrons. The van der Waals surface area contributed by atoms with Gasteiger partial charge in [-0.3, -0.25) is 9.29 Å². The van der Waals surface area contributed by atoms with Crippen molar-refractivity contribution >= 4 is 15.7 Å². The van der Waals surface area contributed by atoms with Crippen LogP contribution in [-0.4, -0.2) is 41.4 Å². The van der Waals surface area contributed by atoms with Crippen molar-refractivity contribution in [3.63, 3.8) is 0 Å². The van der Waals surface area contributed by atoms with Crippen molar-refractivity contribution in [3.05, 3.63) is 72.3 Å². The maximum Gasteiger partial charge on any atom is 0.265 e.